The fraction of sp³-hybridized carbons (Fsp3) is 0.308. The molecule has 2 rings (SSSR count). The summed E-state index contributed by atoms with van der Waals surface area (Å²) < 4.78 is 6.96. The van der Waals surface area contributed by atoms with Crippen molar-refractivity contribution >= 4 is 22.6 Å². The van der Waals surface area contributed by atoms with Gasteiger partial charge in [-0.2, -0.15) is 0 Å². The number of ether oxygens (including phenoxy) is 1. The second-order valence-electron chi connectivity index (χ2n) is 4.08. The predicted octanol–water partition coefficient (Wildman–Crippen LogP) is 2.55. The quantitative estimate of drug-likeness (QED) is 0.647. The average molecular weight is 276 g/mol. The van der Waals surface area contributed by atoms with Gasteiger partial charge in [0.25, 0.3) is 0 Å². The van der Waals surface area contributed by atoms with E-state index >= 15 is 0 Å². The fourth-order valence-corrected chi connectivity index (χ4v) is 2.00. The number of nitrogens with zero attached hydrogens (tertiary/aromatic N) is 3. The molecule has 0 radical (unpaired) electrons. The summed E-state index contributed by atoms with van der Waals surface area (Å²) in [6, 6.07) is 6.41. The first-order valence-corrected chi connectivity index (χ1v) is 6.24. The minimum atomic E-state index is -0.907. The second-order valence-corrected chi connectivity index (χ2v) is 4.08. The molecule has 0 saturated carbocycles. The summed E-state index contributed by atoms with van der Waals surface area (Å²) in [6.45, 7) is 3.45. The molecule has 0 atom stereocenters. The molecule has 106 valence electrons. The van der Waals surface area contributed by atoms with Crippen LogP contribution in [0.5, 0.6) is 5.88 Å². The van der Waals surface area contributed by atoms with Crippen molar-refractivity contribution in [3.63, 3.8) is 0 Å². The average Bonchev–Trinajstić information content (AvgIpc) is 2.70. The van der Waals surface area contributed by atoms with E-state index in [1.54, 1.807) is 10.6 Å². The Morgan fingerprint density at radius 2 is 2.20 bits per heavy atom. The Morgan fingerprint density at radius 3 is 2.90 bits per heavy atom. The molecule has 20 heavy (non-hydrogen) atoms. The molecular weight excluding hydrogens is 260 g/mol. The molecule has 1 aromatic heterocycles. The van der Waals surface area contributed by atoms with Crippen LogP contribution in [0.4, 0.5) is 10.5 Å². The number of aromatic nitrogens is 1. The third-order valence-electron chi connectivity index (χ3n) is 2.83. The van der Waals surface area contributed by atoms with Gasteiger partial charge < -0.3 is 20.1 Å². The van der Waals surface area contributed by atoms with Crippen molar-refractivity contribution in [1.82, 2.24) is 4.57 Å². The molecule has 7 nitrogen and oxygen atoms in total. The van der Waals surface area contributed by atoms with Gasteiger partial charge in [0.15, 0.2) is 5.69 Å². The number of carbonyl (C=O) groups is 1. The van der Waals surface area contributed by atoms with Gasteiger partial charge in [-0.3, -0.25) is 0 Å². The van der Waals surface area contributed by atoms with Crippen LogP contribution in [-0.4, -0.2) is 28.9 Å². The Bertz CT molecular complexity index is 648. The summed E-state index contributed by atoms with van der Waals surface area (Å²) >= 11 is 0. The van der Waals surface area contributed by atoms with Crippen LogP contribution in [0, 0.1) is 0 Å². The van der Waals surface area contributed by atoms with Crippen molar-refractivity contribution in [2.24, 2.45) is 16.0 Å². The van der Waals surface area contributed by atoms with Crippen molar-refractivity contribution in [1.29, 1.82) is 0 Å². The van der Waals surface area contributed by atoms with Gasteiger partial charge in [0.1, 0.15) is 0 Å². The highest BCUT2D eigenvalue weighted by Gasteiger charge is 2.16. The molecule has 2 amide bonds. The van der Waals surface area contributed by atoms with E-state index in [0.717, 1.165) is 5.52 Å². The maximum atomic E-state index is 10.7. The highest BCUT2D eigenvalue weighted by Crippen LogP contribution is 2.38. The minimum Gasteiger partial charge on any atom is -0.493 e. The van der Waals surface area contributed by atoms with Gasteiger partial charge >= 0.3 is 6.03 Å². The lowest BCUT2D eigenvalue weighted by molar-refractivity contribution is 0.138. The summed E-state index contributed by atoms with van der Waals surface area (Å²) in [5, 5.41) is 17.9. The predicted molar refractivity (Wildman–Crippen MR) is 74.2 cm³/mol. The number of benzene rings is 1. The lowest BCUT2D eigenvalue weighted by Gasteiger charge is -2.06. The molecule has 0 spiro atoms. The Kier molecular flexibility index (Phi) is 4.31. The molecule has 0 saturated heterocycles. The van der Waals surface area contributed by atoms with E-state index in [0.29, 0.717) is 25.1 Å². The first-order chi connectivity index (χ1) is 9.65. The van der Waals surface area contributed by atoms with Crippen LogP contribution in [0.15, 0.2) is 34.5 Å². The smallest absolute Gasteiger partial charge is 0.356 e. The number of primary amides is 1. The van der Waals surface area contributed by atoms with Crippen LogP contribution in [0.1, 0.15) is 6.92 Å². The first-order valence-electron chi connectivity index (χ1n) is 6.24. The summed E-state index contributed by atoms with van der Waals surface area (Å²) in [5.74, 6) is -0.0593. The highest BCUT2D eigenvalue weighted by molar-refractivity contribution is 5.95. The van der Waals surface area contributed by atoms with Crippen LogP contribution in [-0.2, 0) is 11.3 Å². The van der Waals surface area contributed by atoms with Crippen molar-refractivity contribution in [3.8, 4) is 5.88 Å². The van der Waals surface area contributed by atoms with Crippen molar-refractivity contribution in [3.05, 3.63) is 24.3 Å². The Morgan fingerprint density at radius 1 is 1.45 bits per heavy atom. The molecule has 2 aromatic rings. The molecule has 3 N–H and O–H groups in total. The molecule has 0 aliphatic carbocycles. The standard InChI is InChI=1S/C13H16N4O3/c1-2-20-8-7-17-10-6-4-3-5-9(10)11(12(17)18)15-16-13(14)19/h3-6,18H,2,7-8H2,1H3,(H2,14,19). The van der Waals surface area contributed by atoms with Crippen LogP contribution >= 0.6 is 0 Å². The monoisotopic (exact) mass is 276 g/mol. The largest absolute Gasteiger partial charge is 0.493 e. The lowest BCUT2D eigenvalue weighted by Crippen LogP contribution is -2.05. The number of rotatable bonds is 5. The van der Waals surface area contributed by atoms with Gasteiger partial charge in [-0.1, -0.05) is 23.3 Å². The zero-order valence-electron chi connectivity index (χ0n) is 11.1. The van der Waals surface area contributed by atoms with E-state index < -0.39 is 6.03 Å². The molecule has 0 fully saturated rings. The summed E-state index contributed by atoms with van der Waals surface area (Å²) in [7, 11) is 0. The van der Waals surface area contributed by atoms with Crippen LogP contribution in [0.3, 0.4) is 0 Å². The van der Waals surface area contributed by atoms with E-state index in [1.165, 1.54) is 0 Å². The van der Waals surface area contributed by atoms with E-state index in [2.05, 4.69) is 10.2 Å². The van der Waals surface area contributed by atoms with Crippen LogP contribution < -0.4 is 5.73 Å². The number of amides is 2. The Hall–Kier alpha value is -2.41. The van der Waals surface area contributed by atoms with Gasteiger partial charge in [-0.15, -0.1) is 5.11 Å². The number of nitrogens with two attached hydrogens (primary N) is 1. The van der Waals surface area contributed by atoms with Gasteiger partial charge in [-0.05, 0) is 13.0 Å². The zero-order valence-corrected chi connectivity index (χ0v) is 11.1. The molecule has 0 bridgehead atoms. The van der Waals surface area contributed by atoms with Crippen LogP contribution in [0.2, 0.25) is 0 Å². The lowest BCUT2D eigenvalue weighted by atomic mass is 10.2. The topological polar surface area (TPSA) is 102 Å². The van der Waals surface area contributed by atoms with Gasteiger partial charge in [-0.25, -0.2) is 4.79 Å². The molecule has 1 heterocycles. The molecule has 0 unspecified atom stereocenters. The van der Waals surface area contributed by atoms with Crippen molar-refractivity contribution in [2.75, 3.05) is 13.2 Å². The summed E-state index contributed by atoms with van der Waals surface area (Å²) in [5.41, 5.74) is 5.96. The van der Waals surface area contributed by atoms with E-state index in [9.17, 15) is 9.90 Å². The van der Waals surface area contributed by atoms with Gasteiger partial charge in [0.05, 0.1) is 12.1 Å². The second kappa shape index (κ2) is 6.16. The number of para-hydroxylation sites is 1. The van der Waals surface area contributed by atoms with Gasteiger partial charge in [0.2, 0.25) is 5.88 Å². The number of fused-ring (bicyclic) bond motifs is 1. The van der Waals surface area contributed by atoms with Crippen molar-refractivity contribution < 1.29 is 14.6 Å². The molecule has 0 aliphatic rings. The number of aromatic hydroxyl groups is 1. The molecule has 0 aliphatic heterocycles. The SMILES string of the molecule is CCOCCn1c(O)c(N=NC(N)=O)c2ccccc21. The van der Waals surface area contributed by atoms with E-state index in [4.69, 9.17) is 10.5 Å². The Labute approximate surface area is 115 Å². The molecular formula is C13H16N4O3. The third kappa shape index (κ3) is 2.77. The van der Waals surface area contributed by atoms with Crippen molar-refractivity contribution in [2.45, 2.75) is 13.5 Å². The van der Waals surface area contributed by atoms with E-state index in [1.807, 2.05) is 25.1 Å². The number of azo groups is 1. The van der Waals surface area contributed by atoms with E-state index in [-0.39, 0.29) is 11.6 Å². The maximum Gasteiger partial charge on any atom is 0.356 e. The molecule has 1 aromatic carbocycles. The minimum absolute atomic E-state index is 0.0593. The number of hydrogen-bond donors (Lipinski definition) is 2. The fourth-order valence-electron chi connectivity index (χ4n) is 2.00. The first kappa shape index (κ1) is 14.0. The van der Waals surface area contributed by atoms with Crippen LogP contribution in [0.25, 0.3) is 10.9 Å². The third-order valence-corrected chi connectivity index (χ3v) is 2.83. The Balaban J connectivity index is 2.46. The maximum absolute atomic E-state index is 10.7. The molecule has 7 heteroatoms. The normalized spacial score (nSPS) is 11.4. The summed E-state index contributed by atoms with van der Waals surface area (Å²) in [4.78, 5) is 10.7. The number of urea groups is 1. The zero-order chi connectivity index (χ0) is 14.5. The number of carbonyl (C=O) groups excluding carboxylic acids is 1. The highest BCUT2D eigenvalue weighted by atomic mass is 16.5. The summed E-state index contributed by atoms with van der Waals surface area (Å²) in [6.07, 6.45) is 0. The van der Waals surface area contributed by atoms with Gasteiger partial charge in [0, 0.05) is 18.5 Å². The number of hydrogen-bond acceptors (Lipinski definition) is 4.